The molecule has 1 atom stereocenters. The van der Waals surface area contributed by atoms with Crippen LogP contribution < -0.4 is 5.56 Å². The van der Waals surface area contributed by atoms with Gasteiger partial charge in [0.2, 0.25) is 0 Å². The van der Waals surface area contributed by atoms with Crippen LogP contribution in [0.3, 0.4) is 0 Å². The molecule has 5 nitrogen and oxygen atoms in total. The quantitative estimate of drug-likeness (QED) is 0.291. The standard InChI is InChI=1S/C29H30ClN3O2/c1-4-26(32(18-20(2)3)28(34)22-14-16-23(30)17-15-22)27-31-25-13-9-8-12-24(25)29(35)33(27)19-21-10-6-5-7-11-21/h5-17,20,26H,4,18-19H2,1-3H3. The topological polar surface area (TPSA) is 55.2 Å². The van der Waals surface area contributed by atoms with Crippen molar-refractivity contribution in [1.82, 2.24) is 14.5 Å². The molecule has 0 spiro atoms. The molecule has 0 aliphatic rings. The van der Waals surface area contributed by atoms with E-state index in [0.29, 0.717) is 46.8 Å². The number of nitrogens with zero attached hydrogens (tertiary/aromatic N) is 3. The van der Waals surface area contributed by atoms with E-state index >= 15 is 0 Å². The fourth-order valence-corrected chi connectivity index (χ4v) is 4.53. The van der Waals surface area contributed by atoms with Crippen LogP contribution >= 0.6 is 11.6 Å². The summed E-state index contributed by atoms with van der Waals surface area (Å²) in [6.07, 6.45) is 0.617. The maximum absolute atomic E-state index is 13.8. The third kappa shape index (κ3) is 5.46. The van der Waals surface area contributed by atoms with Crippen molar-refractivity contribution in [3.05, 3.63) is 111 Å². The second kappa shape index (κ2) is 10.9. The third-order valence-electron chi connectivity index (χ3n) is 6.05. The summed E-state index contributed by atoms with van der Waals surface area (Å²) in [5.74, 6) is 0.731. The molecule has 180 valence electrons. The number of halogens is 1. The molecule has 0 N–H and O–H groups in total. The molecule has 0 bridgehead atoms. The van der Waals surface area contributed by atoms with E-state index in [1.165, 1.54) is 0 Å². The molecule has 4 rings (SSSR count). The van der Waals surface area contributed by atoms with Gasteiger partial charge in [0, 0.05) is 17.1 Å². The maximum Gasteiger partial charge on any atom is 0.261 e. The van der Waals surface area contributed by atoms with Gasteiger partial charge >= 0.3 is 0 Å². The highest BCUT2D eigenvalue weighted by molar-refractivity contribution is 6.30. The summed E-state index contributed by atoms with van der Waals surface area (Å²) in [5, 5.41) is 1.15. The maximum atomic E-state index is 13.8. The monoisotopic (exact) mass is 487 g/mol. The van der Waals surface area contributed by atoms with Gasteiger partial charge in [-0.1, -0.05) is 74.8 Å². The molecule has 1 amide bonds. The summed E-state index contributed by atoms with van der Waals surface area (Å²) in [7, 11) is 0. The number of rotatable bonds is 8. The zero-order valence-electron chi connectivity index (χ0n) is 20.3. The van der Waals surface area contributed by atoms with Crippen molar-refractivity contribution >= 4 is 28.4 Å². The van der Waals surface area contributed by atoms with Crippen molar-refractivity contribution < 1.29 is 4.79 Å². The van der Waals surface area contributed by atoms with Crippen molar-refractivity contribution in [2.75, 3.05) is 6.54 Å². The normalized spacial score (nSPS) is 12.1. The van der Waals surface area contributed by atoms with Crippen LogP contribution in [0.1, 0.15) is 55.0 Å². The Bertz CT molecular complexity index is 1360. The average Bonchev–Trinajstić information content (AvgIpc) is 2.86. The number of benzene rings is 3. The highest BCUT2D eigenvalue weighted by Gasteiger charge is 2.30. The summed E-state index contributed by atoms with van der Waals surface area (Å²) in [4.78, 5) is 34.3. The van der Waals surface area contributed by atoms with Gasteiger partial charge in [-0.05, 0) is 54.3 Å². The number of aromatic nitrogens is 2. The molecule has 35 heavy (non-hydrogen) atoms. The molecule has 1 unspecified atom stereocenters. The molecule has 3 aromatic carbocycles. The first-order chi connectivity index (χ1) is 16.9. The van der Waals surface area contributed by atoms with E-state index in [1.54, 1.807) is 28.8 Å². The predicted octanol–water partition coefficient (Wildman–Crippen LogP) is 6.35. The molecule has 0 radical (unpaired) electrons. The van der Waals surface area contributed by atoms with Gasteiger partial charge in [-0.15, -0.1) is 0 Å². The first-order valence-electron chi connectivity index (χ1n) is 12.0. The molecule has 0 aliphatic carbocycles. The Kier molecular flexibility index (Phi) is 7.67. The lowest BCUT2D eigenvalue weighted by molar-refractivity contribution is 0.0629. The van der Waals surface area contributed by atoms with E-state index in [-0.39, 0.29) is 23.4 Å². The van der Waals surface area contributed by atoms with Gasteiger partial charge in [0.1, 0.15) is 5.82 Å². The van der Waals surface area contributed by atoms with E-state index in [2.05, 4.69) is 13.8 Å². The minimum absolute atomic E-state index is 0.101. The Morgan fingerprint density at radius 2 is 1.63 bits per heavy atom. The minimum Gasteiger partial charge on any atom is -0.328 e. The third-order valence-corrected chi connectivity index (χ3v) is 6.30. The average molecular weight is 488 g/mol. The highest BCUT2D eigenvalue weighted by Crippen LogP contribution is 2.27. The molecular formula is C29H30ClN3O2. The van der Waals surface area contributed by atoms with Crippen molar-refractivity contribution in [2.24, 2.45) is 5.92 Å². The van der Waals surface area contributed by atoms with Gasteiger partial charge in [0.05, 0.1) is 23.5 Å². The number of fused-ring (bicyclic) bond motifs is 1. The van der Waals surface area contributed by atoms with Crippen molar-refractivity contribution in [2.45, 2.75) is 39.8 Å². The number of para-hydroxylation sites is 1. The Labute approximate surface area is 211 Å². The smallest absolute Gasteiger partial charge is 0.261 e. The first-order valence-corrected chi connectivity index (χ1v) is 12.4. The van der Waals surface area contributed by atoms with E-state index in [0.717, 1.165) is 5.56 Å². The second-order valence-corrected chi connectivity index (χ2v) is 9.58. The van der Waals surface area contributed by atoms with Crippen LogP contribution in [0.15, 0.2) is 83.7 Å². The molecule has 1 aromatic heterocycles. The van der Waals surface area contributed by atoms with E-state index in [9.17, 15) is 9.59 Å². The lowest BCUT2D eigenvalue weighted by Gasteiger charge is -2.33. The molecule has 0 fully saturated rings. The van der Waals surface area contributed by atoms with Gasteiger partial charge in [-0.2, -0.15) is 0 Å². The lowest BCUT2D eigenvalue weighted by atomic mass is 10.1. The van der Waals surface area contributed by atoms with E-state index in [4.69, 9.17) is 16.6 Å². The zero-order chi connectivity index (χ0) is 24.9. The summed E-state index contributed by atoms with van der Waals surface area (Å²) >= 11 is 6.06. The van der Waals surface area contributed by atoms with Gasteiger partial charge in [0.25, 0.3) is 11.5 Å². The van der Waals surface area contributed by atoms with Crippen LogP contribution in [0, 0.1) is 5.92 Å². The zero-order valence-corrected chi connectivity index (χ0v) is 21.1. The van der Waals surface area contributed by atoms with Crippen LogP contribution in [-0.4, -0.2) is 26.9 Å². The SMILES string of the molecule is CCC(c1nc2ccccc2c(=O)n1Cc1ccccc1)N(CC(C)C)C(=O)c1ccc(Cl)cc1. The van der Waals surface area contributed by atoms with Crippen molar-refractivity contribution in [3.8, 4) is 0 Å². The summed E-state index contributed by atoms with van der Waals surface area (Å²) in [6.45, 7) is 7.11. The van der Waals surface area contributed by atoms with Gasteiger partial charge in [0.15, 0.2) is 0 Å². The number of carbonyl (C=O) groups is 1. The lowest BCUT2D eigenvalue weighted by Crippen LogP contribution is -2.41. The van der Waals surface area contributed by atoms with Crippen molar-refractivity contribution in [1.29, 1.82) is 0 Å². The molecule has 1 heterocycles. The predicted molar refractivity (Wildman–Crippen MR) is 142 cm³/mol. The summed E-state index contributed by atoms with van der Waals surface area (Å²) in [6, 6.07) is 23.8. The Hall–Kier alpha value is -3.44. The van der Waals surface area contributed by atoms with Crippen molar-refractivity contribution in [3.63, 3.8) is 0 Å². The number of hydrogen-bond donors (Lipinski definition) is 0. The summed E-state index contributed by atoms with van der Waals surface area (Å²) in [5.41, 5.74) is 2.10. The fraction of sp³-hybridized carbons (Fsp3) is 0.276. The molecule has 4 aromatic rings. The second-order valence-electron chi connectivity index (χ2n) is 9.15. The molecule has 0 saturated carbocycles. The largest absolute Gasteiger partial charge is 0.328 e. The Morgan fingerprint density at radius 1 is 0.971 bits per heavy atom. The van der Waals surface area contributed by atoms with Gasteiger partial charge < -0.3 is 4.90 Å². The number of carbonyl (C=O) groups excluding carboxylic acids is 1. The van der Waals surface area contributed by atoms with Gasteiger partial charge in [-0.3, -0.25) is 14.2 Å². The molecule has 0 saturated heterocycles. The highest BCUT2D eigenvalue weighted by atomic mass is 35.5. The van der Waals surface area contributed by atoms with Crippen LogP contribution in [0.25, 0.3) is 10.9 Å². The van der Waals surface area contributed by atoms with Crippen LogP contribution in [-0.2, 0) is 6.54 Å². The van der Waals surface area contributed by atoms with E-state index in [1.807, 2.05) is 66.4 Å². The van der Waals surface area contributed by atoms with Crippen LogP contribution in [0.4, 0.5) is 0 Å². The Balaban J connectivity index is 1.88. The molecular weight excluding hydrogens is 458 g/mol. The number of amides is 1. The molecule has 0 aliphatic heterocycles. The Morgan fingerprint density at radius 3 is 2.29 bits per heavy atom. The van der Waals surface area contributed by atoms with Crippen LogP contribution in [0.2, 0.25) is 5.02 Å². The van der Waals surface area contributed by atoms with Gasteiger partial charge in [-0.25, -0.2) is 4.98 Å². The van der Waals surface area contributed by atoms with E-state index < -0.39 is 0 Å². The summed E-state index contributed by atoms with van der Waals surface area (Å²) < 4.78 is 1.73. The van der Waals surface area contributed by atoms with Crippen LogP contribution in [0.5, 0.6) is 0 Å². The minimum atomic E-state index is -0.374. The molecule has 6 heteroatoms. The fourth-order valence-electron chi connectivity index (χ4n) is 4.40. The number of hydrogen-bond acceptors (Lipinski definition) is 3. The first kappa shape index (κ1) is 24.7.